The van der Waals surface area contributed by atoms with Crippen LogP contribution in [0, 0.1) is 13.8 Å². The lowest BCUT2D eigenvalue weighted by Crippen LogP contribution is -2.15. The number of nitrogens with one attached hydrogen (secondary N) is 1. The molecule has 0 aliphatic rings. The predicted molar refractivity (Wildman–Crippen MR) is 80.1 cm³/mol. The molecule has 0 radical (unpaired) electrons. The van der Waals surface area contributed by atoms with Gasteiger partial charge in [-0.1, -0.05) is 22.9 Å². The number of benzene rings is 1. The number of hydrogen-bond donors (Lipinski definition) is 1. The summed E-state index contributed by atoms with van der Waals surface area (Å²) in [6, 6.07) is 9.46. The first kappa shape index (κ1) is 13.3. The monoisotopic (exact) mass is 281 g/mol. The number of anilines is 1. The number of rotatable bonds is 3. The van der Waals surface area contributed by atoms with Crippen LogP contribution in [0.15, 0.2) is 41.1 Å². The summed E-state index contributed by atoms with van der Waals surface area (Å²) in [5.74, 6) is 0.373. The summed E-state index contributed by atoms with van der Waals surface area (Å²) in [6.07, 6.45) is 1.87. The van der Waals surface area contributed by atoms with Crippen LogP contribution in [0.3, 0.4) is 0 Å². The Morgan fingerprint density at radius 3 is 2.76 bits per heavy atom. The molecule has 0 spiro atoms. The van der Waals surface area contributed by atoms with Crippen LogP contribution in [0.2, 0.25) is 0 Å². The fraction of sp³-hybridized carbons (Fsp3) is 0.188. The van der Waals surface area contributed by atoms with Gasteiger partial charge in [0.2, 0.25) is 5.91 Å². The van der Waals surface area contributed by atoms with Crippen LogP contribution in [0.25, 0.3) is 11.0 Å². The summed E-state index contributed by atoms with van der Waals surface area (Å²) < 4.78 is 5.23. The van der Waals surface area contributed by atoms with Crippen molar-refractivity contribution in [3.8, 4) is 0 Å². The Kier molecular flexibility index (Phi) is 3.39. The molecule has 0 saturated heterocycles. The molecule has 21 heavy (non-hydrogen) atoms. The van der Waals surface area contributed by atoms with Crippen LogP contribution < -0.4 is 5.32 Å². The number of fused-ring (bicyclic) bond motifs is 1. The second kappa shape index (κ2) is 5.36. The van der Waals surface area contributed by atoms with Gasteiger partial charge >= 0.3 is 0 Å². The highest BCUT2D eigenvalue weighted by Gasteiger charge is 2.13. The topological polar surface area (TPSA) is 68.0 Å². The minimum absolute atomic E-state index is 0.159. The number of amides is 1. The summed E-state index contributed by atoms with van der Waals surface area (Å²) in [4.78, 5) is 16.2. The molecular formula is C16H15N3O2. The third-order valence-corrected chi connectivity index (χ3v) is 3.21. The molecule has 1 N–H and O–H groups in total. The van der Waals surface area contributed by atoms with Crippen LogP contribution in [0.5, 0.6) is 0 Å². The van der Waals surface area contributed by atoms with Gasteiger partial charge in [-0.2, -0.15) is 0 Å². The molecule has 0 atom stereocenters. The van der Waals surface area contributed by atoms with Gasteiger partial charge in [0.05, 0.1) is 6.42 Å². The fourth-order valence-corrected chi connectivity index (χ4v) is 2.11. The molecule has 0 bridgehead atoms. The summed E-state index contributed by atoms with van der Waals surface area (Å²) in [7, 11) is 0. The number of aryl methyl sites for hydroxylation is 2. The lowest BCUT2D eigenvalue weighted by atomic mass is 10.1. The van der Waals surface area contributed by atoms with E-state index in [1.807, 2.05) is 38.1 Å². The minimum atomic E-state index is -0.164. The molecule has 5 heteroatoms. The van der Waals surface area contributed by atoms with Crippen LogP contribution in [-0.4, -0.2) is 16.0 Å². The van der Waals surface area contributed by atoms with E-state index in [1.54, 1.807) is 12.3 Å². The highest BCUT2D eigenvalue weighted by atomic mass is 16.5. The van der Waals surface area contributed by atoms with Crippen molar-refractivity contribution < 1.29 is 9.32 Å². The number of hydrogen-bond acceptors (Lipinski definition) is 4. The molecule has 1 aromatic carbocycles. The molecular weight excluding hydrogens is 266 g/mol. The third-order valence-electron chi connectivity index (χ3n) is 3.21. The summed E-state index contributed by atoms with van der Waals surface area (Å²) in [6.45, 7) is 3.94. The van der Waals surface area contributed by atoms with Gasteiger partial charge in [-0.25, -0.2) is 4.98 Å². The first-order valence-electron chi connectivity index (χ1n) is 6.69. The molecule has 0 unspecified atom stereocenters. The first-order chi connectivity index (χ1) is 10.1. The molecule has 0 aliphatic heterocycles. The second-order valence-corrected chi connectivity index (χ2v) is 5.07. The third kappa shape index (κ3) is 2.91. The normalized spacial score (nSPS) is 10.8. The largest absolute Gasteiger partial charge is 0.356 e. The van der Waals surface area contributed by atoms with Crippen molar-refractivity contribution in [2.24, 2.45) is 0 Å². The van der Waals surface area contributed by atoms with Gasteiger partial charge in [0.25, 0.3) is 0 Å². The van der Waals surface area contributed by atoms with Crippen molar-refractivity contribution in [2.45, 2.75) is 20.3 Å². The van der Waals surface area contributed by atoms with E-state index in [2.05, 4.69) is 15.5 Å². The molecule has 2 aromatic heterocycles. The van der Waals surface area contributed by atoms with E-state index >= 15 is 0 Å². The molecule has 0 aliphatic carbocycles. The van der Waals surface area contributed by atoms with Crippen LogP contribution in [0.4, 0.5) is 5.82 Å². The first-order valence-corrected chi connectivity index (χ1v) is 6.69. The van der Waals surface area contributed by atoms with Crippen LogP contribution in [-0.2, 0) is 11.2 Å². The highest BCUT2D eigenvalue weighted by Crippen LogP contribution is 2.20. The Bertz CT molecular complexity index is 791. The van der Waals surface area contributed by atoms with Crippen molar-refractivity contribution in [1.82, 2.24) is 10.1 Å². The van der Waals surface area contributed by atoms with Gasteiger partial charge in [-0.3, -0.25) is 4.79 Å². The molecule has 1 amide bonds. The summed E-state index contributed by atoms with van der Waals surface area (Å²) in [5.41, 5.74) is 3.48. The predicted octanol–water partition coefficient (Wildman–Crippen LogP) is 3.02. The average Bonchev–Trinajstić information content (AvgIpc) is 2.84. The number of carbonyl (C=O) groups excluding carboxylic acids is 1. The van der Waals surface area contributed by atoms with E-state index in [1.165, 1.54) is 0 Å². The van der Waals surface area contributed by atoms with Gasteiger partial charge in [0.1, 0.15) is 11.5 Å². The van der Waals surface area contributed by atoms with Crippen molar-refractivity contribution in [3.05, 3.63) is 53.3 Å². The van der Waals surface area contributed by atoms with Crippen molar-refractivity contribution >= 4 is 22.7 Å². The summed E-state index contributed by atoms with van der Waals surface area (Å²) >= 11 is 0. The Balaban J connectivity index is 1.77. The van der Waals surface area contributed by atoms with E-state index in [4.69, 9.17) is 4.52 Å². The minimum Gasteiger partial charge on any atom is -0.356 e. The smallest absolute Gasteiger partial charge is 0.231 e. The molecule has 3 rings (SSSR count). The van der Waals surface area contributed by atoms with Gasteiger partial charge in [-0.05, 0) is 37.6 Å². The summed E-state index contributed by atoms with van der Waals surface area (Å²) in [5, 5.41) is 7.61. The fourth-order valence-electron chi connectivity index (χ4n) is 2.11. The van der Waals surface area contributed by atoms with E-state index in [0.717, 1.165) is 16.5 Å². The Hall–Kier alpha value is -2.69. The molecule has 2 heterocycles. The zero-order valence-corrected chi connectivity index (χ0v) is 11.9. The van der Waals surface area contributed by atoms with Crippen LogP contribution >= 0.6 is 0 Å². The average molecular weight is 281 g/mol. The quantitative estimate of drug-likeness (QED) is 0.801. The standard InChI is InChI=1S/C16H15N3O2/c1-10-3-5-14-12(7-10)13(19-21-14)8-16(20)18-15-6-4-11(2)9-17-15/h3-7,9H,8H2,1-2H3,(H,17,18,20). The van der Waals surface area contributed by atoms with E-state index in [0.29, 0.717) is 17.1 Å². The second-order valence-electron chi connectivity index (χ2n) is 5.07. The van der Waals surface area contributed by atoms with E-state index in [-0.39, 0.29) is 12.3 Å². The van der Waals surface area contributed by atoms with Gasteiger partial charge < -0.3 is 9.84 Å². The Morgan fingerprint density at radius 1 is 1.19 bits per heavy atom. The lowest BCUT2D eigenvalue weighted by Gasteiger charge is -2.03. The van der Waals surface area contributed by atoms with Crippen molar-refractivity contribution in [3.63, 3.8) is 0 Å². The maximum absolute atomic E-state index is 12.1. The van der Waals surface area contributed by atoms with Gasteiger partial charge in [-0.15, -0.1) is 0 Å². The zero-order valence-electron chi connectivity index (χ0n) is 11.9. The Morgan fingerprint density at radius 2 is 2.00 bits per heavy atom. The molecule has 0 saturated carbocycles. The van der Waals surface area contributed by atoms with Gasteiger partial charge in [0, 0.05) is 11.6 Å². The number of aromatic nitrogens is 2. The SMILES string of the molecule is Cc1ccc(NC(=O)Cc2noc3ccc(C)cc23)nc1. The number of pyridine rings is 1. The number of carbonyl (C=O) groups is 1. The lowest BCUT2D eigenvalue weighted by molar-refractivity contribution is -0.115. The van der Waals surface area contributed by atoms with Crippen molar-refractivity contribution in [2.75, 3.05) is 5.32 Å². The molecule has 5 nitrogen and oxygen atoms in total. The van der Waals surface area contributed by atoms with E-state index < -0.39 is 0 Å². The van der Waals surface area contributed by atoms with E-state index in [9.17, 15) is 4.79 Å². The number of nitrogens with zero attached hydrogens (tertiary/aromatic N) is 2. The highest BCUT2D eigenvalue weighted by molar-refractivity contribution is 5.94. The Labute approximate surface area is 122 Å². The maximum atomic E-state index is 12.1. The van der Waals surface area contributed by atoms with Crippen LogP contribution in [0.1, 0.15) is 16.8 Å². The maximum Gasteiger partial charge on any atom is 0.231 e. The van der Waals surface area contributed by atoms with Crippen molar-refractivity contribution in [1.29, 1.82) is 0 Å². The molecule has 0 fully saturated rings. The molecule has 3 aromatic rings. The zero-order chi connectivity index (χ0) is 14.8. The molecule has 106 valence electrons. The van der Waals surface area contributed by atoms with Gasteiger partial charge in [0.15, 0.2) is 5.58 Å².